The largest absolute Gasteiger partial charge is 0.495 e. The Morgan fingerprint density at radius 1 is 1.44 bits per heavy atom. The van der Waals surface area contributed by atoms with E-state index >= 15 is 0 Å². The Morgan fingerprint density at radius 2 is 2.17 bits per heavy atom. The van der Waals surface area contributed by atoms with Crippen molar-refractivity contribution in [1.29, 1.82) is 0 Å². The molecular formula is C13H16ClNO3. The first-order valence-electron chi connectivity index (χ1n) is 5.93. The SMILES string of the molecule is COc1ccc(NC(=O)C2CCOCC2)cc1Cl. The highest BCUT2D eigenvalue weighted by atomic mass is 35.5. The van der Waals surface area contributed by atoms with Crippen LogP contribution in [0, 0.1) is 5.92 Å². The molecule has 1 aliphatic heterocycles. The maximum Gasteiger partial charge on any atom is 0.227 e. The third-order valence-electron chi connectivity index (χ3n) is 3.01. The summed E-state index contributed by atoms with van der Waals surface area (Å²) in [6, 6.07) is 5.21. The summed E-state index contributed by atoms with van der Waals surface area (Å²) in [7, 11) is 1.56. The van der Waals surface area contributed by atoms with E-state index in [2.05, 4.69) is 5.32 Å². The first-order valence-corrected chi connectivity index (χ1v) is 6.30. The van der Waals surface area contributed by atoms with E-state index in [9.17, 15) is 4.79 Å². The van der Waals surface area contributed by atoms with Crippen molar-refractivity contribution in [3.63, 3.8) is 0 Å². The van der Waals surface area contributed by atoms with E-state index < -0.39 is 0 Å². The van der Waals surface area contributed by atoms with E-state index in [1.165, 1.54) is 0 Å². The van der Waals surface area contributed by atoms with Crippen LogP contribution in [-0.4, -0.2) is 26.2 Å². The van der Waals surface area contributed by atoms with Gasteiger partial charge in [0, 0.05) is 24.8 Å². The molecule has 0 spiro atoms. The highest BCUT2D eigenvalue weighted by Gasteiger charge is 2.21. The van der Waals surface area contributed by atoms with E-state index in [4.69, 9.17) is 21.1 Å². The van der Waals surface area contributed by atoms with Crippen molar-refractivity contribution in [3.8, 4) is 5.75 Å². The van der Waals surface area contributed by atoms with E-state index in [0.717, 1.165) is 12.8 Å². The van der Waals surface area contributed by atoms with Crippen LogP contribution in [0.2, 0.25) is 5.02 Å². The van der Waals surface area contributed by atoms with E-state index in [-0.39, 0.29) is 11.8 Å². The first-order chi connectivity index (χ1) is 8.70. The number of benzene rings is 1. The second-order valence-corrected chi connectivity index (χ2v) is 4.63. The van der Waals surface area contributed by atoms with Crippen LogP contribution in [0.15, 0.2) is 18.2 Å². The zero-order valence-corrected chi connectivity index (χ0v) is 11.0. The van der Waals surface area contributed by atoms with Gasteiger partial charge in [-0.15, -0.1) is 0 Å². The highest BCUT2D eigenvalue weighted by Crippen LogP contribution is 2.27. The number of nitrogens with one attached hydrogen (secondary N) is 1. The summed E-state index contributed by atoms with van der Waals surface area (Å²) in [6.07, 6.45) is 1.55. The Kier molecular flexibility index (Phi) is 4.44. The molecule has 1 N–H and O–H groups in total. The average molecular weight is 270 g/mol. The van der Waals surface area contributed by atoms with Crippen molar-refractivity contribution in [3.05, 3.63) is 23.2 Å². The minimum atomic E-state index is 0.0273. The van der Waals surface area contributed by atoms with Gasteiger partial charge in [0.25, 0.3) is 0 Å². The number of methoxy groups -OCH3 is 1. The predicted molar refractivity (Wildman–Crippen MR) is 70.2 cm³/mol. The number of hydrogen-bond donors (Lipinski definition) is 1. The monoisotopic (exact) mass is 269 g/mol. The van der Waals surface area contributed by atoms with E-state index in [0.29, 0.717) is 29.7 Å². The Morgan fingerprint density at radius 3 is 2.78 bits per heavy atom. The topological polar surface area (TPSA) is 47.6 Å². The normalized spacial score (nSPS) is 16.3. The standard InChI is InChI=1S/C13H16ClNO3/c1-17-12-3-2-10(8-11(12)14)15-13(16)9-4-6-18-7-5-9/h2-3,8-9H,4-7H2,1H3,(H,15,16). The summed E-state index contributed by atoms with van der Waals surface area (Å²) in [4.78, 5) is 12.0. The zero-order valence-electron chi connectivity index (χ0n) is 10.2. The van der Waals surface area contributed by atoms with Crippen LogP contribution in [0.1, 0.15) is 12.8 Å². The number of anilines is 1. The zero-order chi connectivity index (χ0) is 13.0. The number of carbonyl (C=O) groups is 1. The molecule has 1 aromatic rings. The Bertz CT molecular complexity index is 430. The van der Waals surface area contributed by atoms with Crippen molar-refractivity contribution in [2.24, 2.45) is 5.92 Å². The lowest BCUT2D eigenvalue weighted by Crippen LogP contribution is -2.28. The van der Waals surface area contributed by atoms with Crippen LogP contribution in [0.3, 0.4) is 0 Å². The van der Waals surface area contributed by atoms with Gasteiger partial charge < -0.3 is 14.8 Å². The first kappa shape index (κ1) is 13.2. The fourth-order valence-electron chi connectivity index (χ4n) is 1.95. The molecule has 0 radical (unpaired) electrons. The van der Waals surface area contributed by atoms with Gasteiger partial charge in [-0.1, -0.05) is 11.6 Å². The van der Waals surface area contributed by atoms with Gasteiger partial charge in [-0.05, 0) is 31.0 Å². The van der Waals surface area contributed by atoms with Crippen molar-refractivity contribution in [2.45, 2.75) is 12.8 Å². The molecule has 5 heteroatoms. The molecule has 0 bridgehead atoms. The van der Waals surface area contributed by atoms with Crippen LogP contribution >= 0.6 is 11.6 Å². The maximum absolute atomic E-state index is 12.0. The summed E-state index contributed by atoms with van der Waals surface area (Å²) < 4.78 is 10.3. The summed E-state index contributed by atoms with van der Waals surface area (Å²) in [5.41, 5.74) is 0.692. The second kappa shape index (κ2) is 6.07. The lowest BCUT2D eigenvalue weighted by Gasteiger charge is -2.21. The molecule has 4 nitrogen and oxygen atoms in total. The van der Waals surface area contributed by atoms with E-state index in [1.54, 1.807) is 25.3 Å². The summed E-state index contributed by atoms with van der Waals surface area (Å²) >= 11 is 6.00. The van der Waals surface area contributed by atoms with Crippen molar-refractivity contribution in [1.82, 2.24) is 0 Å². The molecule has 1 aromatic carbocycles. The fourth-order valence-corrected chi connectivity index (χ4v) is 2.21. The lowest BCUT2D eigenvalue weighted by molar-refractivity contribution is -0.122. The van der Waals surface area contributed by atoms with Gasteiger partial charge in [-0.25, -0.2) is 0 Å². The maximum atomic E-state index is 12.0. The van der Waals surface area contributed by atoms with Crippen LogP contribution in [0.25, 0.3) is 0 Å². The molecule has 0 aliphatic carbocycles. The molecule has 1 aliphatic rings. The van der Waals surface area contributed by atoms with Crippen LogP contribution in [0.5, 0.6) is 5.75 Å². The molecule has 0 aromatic heterocycles. The number of amides is 1. The summed E-state index contributed by atoms with van der Waals surface area (Å²) in [5, 5.41) is 3.36. The van der Waals surface area contributed by atoms with Crippen molar-refractivity contribution in [2.75, 3.05) is 25.6 Å². The third kappa shape index (κ3) is 3.15. The minimum absolute atomic E-state index is 0.0273. The molecule has 1 fully saturated rings. The van der Waals surface area contributed by atoms with Crippen LogP contribution in [0.4, 0.5) is 5.69 Å². The van der Waals surface area contributed by atoms with Gasteiger partial charge in [0.2, 0.25) is 5.91 Å². The molecule has 18 heavy (non-hydrogen) atoms. The highest BCUT2D eigenvalue weighted by molar-refractivity contribution is 6.32. The number of halogens is 1. The van der Waals surface area contributed by atoms with Gasteiger partial charge in [0.05, 0.1) is 12.1 Å². The van der Waals surface area contributed by atoms with E-state index in [1.807, 2.05) is 0 Å². The Labute approximate surface area is 111 Å². The number of hydrogen-bond acceptors (Lipinski definition) is 3. The molecular weight excluding hydrogens is 254 g/mol. The molecule has 0 atom stereocenters. The van der Waals surface area contributed by atoms with Crippen LogP contribution in [-0.2, 0) is 9.53 Å². The number of rotatable bonds is 3. The fraction of sp³-hybridized carbons (Fsp3) is 0.462. The van der Waals surface area contributed by atoms with Gasteiger partial charge >= 0.3 is 0 Å². The molecule has 1 saturated heterocycles. The smallest absolute Gasteiger partial charge is 0.227 e. The lowest BCUT2D eigenvalue weighted by atomic mass is 9.99. The summed E-state index contributed by atoms with van der Waals surface area (Å²) in [6.45, 7) is 1.31. The molecule has 1 heterocycles. The summed E-state index contributed by atoms with van der Waals surface area (Å²) in [5.74, 6) is 0.653. The number of ether oxygens (including phenoxy) is 2. The van der Waals surface area contributed by atoms with Crippen LogP contribution < -0.4 is 10.1 Å². The molecule has 0 unspecified atom stereocenters. The molecule has 0 saturated carbocycles. The van der Waals surface area contributed by atoms with Gasteiger partial charge in [0.15, 0.2) is 0 Å². The number of carbonyl (C=O) groups excluding carboxylic acids is 1. The van der Waals surface area contributed by atoms with Gasteiger partial charge in [0.1, 0.15) is 5.75 Å². The molecule has 98 valence electrons. The third-order valence-corrected chi connectivity index (χ3v) is 3.31. The quantitative estimate of drug-likeness (QED) is 0.918. The average Bonchev–Trinajstić information content (AvgIpc) is 2.40. The van der Waals surface area contributed by atoms with Gasteiger partial charge in [-0.3, -0.25) is 4.79 Å². The van der Waals surface area contributed by atoms with Crippen molar-refractivity contribution >= 4 is 23.2 Å². The van der Waals surface area contributed by atoms with Crippen molar-refractivity contribution < 1.29 is 14.3 Å². The minimum Gasteiger partial charge on any atom is -0.495 e. The molecule has 2 rings (SSSR count). The predicted octanol–water partition coefficient (Wildman–Crippen LogP) is 2.71. The van der Waals surface area contributed by atoms with Gasteiger partial charge in [-0.2, -0.15) is 0 Å². The molecule has 1 amide bonds. The second-order valence-electron chi connectivity index (χ2n) is 4.23. The Balaban J connectivity index is 2.00. The Hall–Kier alpha value is -1.26.